The van der Waals surface area contributed by atoms with Gasteiger partial charge >= 0.3 is 0 Å². The topological polar surface area (TPSA) is 70.7 Å². The Hall–Kier alpha value is -1.92. The molecular weight excluding hydrogens is 270 g/mol. The molecule has 0 atom stereocenters. The van der Waals surface area contributed by atoms with Crippen LogP contribution >= 0.6 is 0 Å². The lowest BCUT2D eigenvalue weighted by atomic mass is 10.1. The van der Waals surface area contributed by atoms with Crippen LogP contribution in [0.5, 0.6) is 0 Å². The minimum absolute atomic E-state index is 0.110. The number of likely N-dealkylation sites (N-methyl/N-ethyl adjacent to an activating group) is 1. The summed E-state index contributed by atoms with van der Waals surface area (Å²) in [7, 11) is 5.13. The van der Waals surface area contributed by atoms with Crippen molar-refractivity contribution in [1.82, 2.24) is 4.90 Å². The Kier molecular flexibility index (Phi) is 5.87. The summed E-state index contributed by atoms with van der Waals surface area (Å²) in [6, 6.07) is 6.99. The predicted molar refractivity (Wildman–Crippen MR) is 83.3 cm³/mol. The van der Waals surface area contributed by atoms with Gasteiger partial charge in [0.2, 0.25) is 5.91 Å². The van der Waals surface area contributed by atoms with E-state index in [9.17, 15) is 9.59 Å². The highest BCUT2D eigenvalue weighted by Crippen LogP contribution is 2.17. The summed E-state index contributed by atoms with van der Waals surface area (Å²) in [6.07, 6.45) is 0. The average Bonchev–Trinajstić information content (AvgIpc) is 2.37. The Morgan fingerprint density at radius 1 is 1.19 bits per heavy atom. The van der Waals surface area contributed by atoms with Gasteiger partial charge in [-0.2, -0.15) is 0 Å². The van der Waals surface area contributed by atoms with Crippen molar-refractivity contribution < 1.29 is 14.3 Å². The minimum atomic E-state index is -0.913. The highest BCUT2D eigenvalue weighted by atomic mass is 16.5. The van der Waals surface area contributed by atoms with Crippen molar-refractivity contribution in [2.24, 2.45) is 0 Å². The maximum absolute atomic E-state index is 12.0. The lowest BCUT2D eigenvalue weighted by Crippen LogP contribution is -2.38. The number of hydrogen-bond donors (Lipinski definition) is 2. The number of methoxy groups -OCH3 is 1. The van der Waals surface area contributed by atoms with E-state index in [4.69, 9.17) is 4.74 Å². The van der Waals surface area contributed by atoms with Crippen molar-refractivity contribution in [2.45, 2.75) is 19.4 Å². The molecule has 0 fully saturated rings. The molecule has 0 aliphatic heterocycles. The third-order valence-corrected chi connectivity index (χ3v) is 2.92. The van der Waals surface area contributed by atoms with Crippen LogP contribution in [0.2, 0.25) is 0 Å². The smallest absolute Gasteiger partial charge is 0.256 e. The van der Waals surface area contributed by atoms with E-state index in [1.807, 2.05) is 14.1 Å². The summed E-state index contributed by atoms with van der Waals surface area (Å²) in [5.41, 5.74) is 0.326. The molecule has 0 aliphatic carbocycles. The molecule has 0 unspecified atom stereocenters. The molecule has 2 N–H and O–H groups in total. The molecule has 1 aromatic carbocycles. The Bertz CT molecular complexity index is 513. The quantitative estimate of drug-likeness (QED) is 0.835. The van der Waals surface area contributed by atoms with Crippen molar-refractivity contribution in [3.8, 4) is 0 Å². The summed E-state index contributed by atoms with van der Waals surface area (Å²) in [5.74, 6) is -0.359. The third kappa shape index (κ3) is 5.53. The molecule has 0 heterocycles. The molecule has 0 aliphatic rings. The lowest BCUT2D eigenvalue weighted by molar-refractivity contribution is -0.133. The molecular formula is C15H23N3O3. The van der Waals surface area contributed by atoms with Gasteiger partial charge in [-0.1, -0.05) is 6.07 Å². The first-order chi connectivity index (χ1) is 9.74. The van der Waals surface area contributed by atoms with Crippen LogP contribution in [-0.4, -0.2) is 50.1 Å². The molecule has 6 heteroatoms. The van der Waals surface area contributed by atoms with Crippen LogP contribution in [-0.2, 0) is 14.3 Å². The first kappa shape index (κ1) is 17.1. The van der Waals surface area contributed by atoms with Crippen LogP contribution in [0.15, 0.2) is 24.3 Å². The second-order valence-corrected chi connectivity index (χ2v) is 5.54. The van der Waals surface area contributed by atoms with Crippen molar-refractivity contribution in [1.29, 1.82) is 0 Å². The van der Waals surface area contributed by atoms with E-state index in [0.29, 0.717) is 17.9 Å². The van der Waals surface area contributed by atoms with E-state index < -0.39 is 5.60 Å². The fraction of sp³-hybridized carbons (Fsp3) is 0.467. The van der Waals surface area contributed by atoms with E-state index in [0.717, 1.165) is 0 Å². The number of benzene rings is 1. The van der Waals surface area contributed by atoms with Gasteiger partial charge in [0.25, 0.3) is 5.91 Å². The van der Waals surface area contributed by atoms with E-state index in [1.54, 1.807) is 43.0 Å². The largest absolute Gasteiger partial charge is 0.369 e. The summed E-state index contributed by atoms with van der Waals surface area (Å²) in [5, 5.41) is 5.54. The SMILES string of the molecule is COC(C)(C)C(=O)Nc1cccc(NC(=O)CN(C)C)c1. The van der Waals surface area contributed by atoms with Crippen molar-refractivity contribution >= 4 is 23.2 Å². The first-order valence-corrected chi connectivity index (χ1v) is 6.66. The summed E-state index contributed by atoms with van der Waals surface area (Å²) < 4.78 is 5.12. The number of nitrogens with one attached hydrogen (secondary N) is 2. The van der Waals surface area contributed by atoms with Crippen molar-refractivity contribution in [2.75, 3.05) is 38.4 Å². The minimum Gasteiger partial charge on any atom is -0.369 e. The third-order valence-electron chi connectivity index (χ3n) is 2.92. The second kappa shape index (κ2) is 7.19. The van der Waals surface area contributed by atoms with Gasteiger partial charge in [-0.3, -0.25) is 9.59 Å². The molecule has 0 saturated carbocycles. The van der Waals surface area contributed by atoms with Crippen LogP contribution in [0.4, 0.5) is 11.4 Å². The lowest BCUT2D eigenvalue weighted by Gasteiger charge is -2.21. The molecule has 2 amide bonds. The molecule has 21 heavy (non-hydrogen) atoms. The summed E-state index contributed by atoms with van der Waals surface area (Å²) >= 11 is 0. The van der Waals surface area contributed by atoms with Gasteiger partial charge in [0.05, 0.1) is 6.54 Å². The van der Waals surface area contributed by atoms with Crippen molar-refractivity contribution in [3.05, 3.63) is 24.3 Å². The fourth-order valence-corrected chi connectivity index (χ4v) is 1.54. The number of nitrogens with zero attached hydrogens (tertiary/aromatic N) is 1. The summed E-state index contributed by atoms with van der Waals surface area (Å²) in [6.45, 7) is 3.67. The van der Waals surface area contributed by atoms with Crippen LogP contribution < -0.4 is 10.6 Å². The van der Waals surface area contributed by atoms with Crippen LogP contribution in [0.3, 0.4) is 0 Å². The number of anilines is 2. The van der Waals surface area contributed by atoms with Gasteiger partial charge in [-0.15, -0.1) is 0 Å². The summed E-state index contributed by atoms with van der Waals surface area (Å²) in [4.78, 5) is 25.5. The van der Waals surface area contributed by atoms with Gasteiger partial charge < -0.3 is 20.3 Å². The second-order valence-electron chi connectivity index (χ2n) is 5.54. The van der Waals surface area contributed by atoms with E-state index in [-0.39, 0.29) is 11.8 Å². The zero-order valence-electron chi connectivity index (χ0n) is 13.2. The van der Waals surface area contributed by atoms with E-state index in [2.05, 4.69) is 10.6 Å². The normalized spacial score (nSPS) is 11.3. The zero-order valence-corrected chi connectivity index (χ0v) is 13.2. The molecule has 0 aromatic heterocycles. The van der Waals surface area contributed by atoms with E-state index in [1.165, 1.54) is 7.11 Å². The monoisotopic (exact) mass is 293 g/mol. The molecule has 1 aromatic rings. The van der Waals surface area contributed by atoms with Crippen LogP contribution in [0.25, 0.3) is 0 Å². The van der Waals surface area contributed by atoms with Gasteiger partial charge in [0, 0.05) is 18.5 Å². The molecule has 0 radical (unpaired) electrons. The van der Waals surface area contributed by atoms with Gasteiger partial charge in [0.15, 0.2) is 0 Å². The van der Waals surface area contributed by atoms with Crippen LogP contribution in [0, 0.1) is 0 Å². The Balaban J connectivity index is 2.73. The Morgan fingerprint density at radius 2 is 1.76 bits per heavy atom. The standard InChI is InChI=1S/C15H23N3O3/c1-15(2,21-5)14(20)17-12-8-6-7-11(9-12)16-13(19)10-18(3)4/h6-9H,10H2,1-5H3,(H,16,19)(H,17,20). The highest BCUT2D eigenvalue weighted by molar-refractivity contribution is 5.98. The highest BCUT2D eigenvalue weighted by Gasteiger charge is 2.26. The average molecular weight is 293 g/mol. The maximum Gasteiger partial charge on any atom is 0.256 e. The first-order valence-electron chi connectivity index (χ1n) is 6.66. The number of ether oxygens (including phenoxy) is 1. The molecule has 6 nitrogen and oxygen atoms in total. The number of rotatable bonds is 6. The zero-order chi connectivity index (χ0) is 16.0. The molecule has 0 saturated heterocycles. The Morgan fingerprint density at radius 3 is 2.29 bits per heavy atom. The van der Waals surface area contributed by atoms with Crippen LogP contribution in [0.1, 0.15) is 13.8 Å². The van der Waals surface area contributed by atoms with Gasteiger partial charge in [0.1, 0.15) is 5.60 Å². The number of amides is 2. The molecule has 0 bridgehead atoms. The molecule has 0 spiro atoms. The van der Waals surface area contributed by atoms with Crippen molar-refractivity contribution in [3.63, 3.8) is 0 Å². The van der Waals surface area contributed by atoms with Gasteiger partial charge in [-0.25, -0.2) is 0 Å². The maximum atomic E-state index is 12.0. The number of carbonyl (C=O) groups is 2. The number of hydrogen-bond acceptors (Lipinski definition) is 4. The number of carbonyl (C=O) groups excluding carboxylic acids is 2. The van der Waals surface area contributed by atoms with Gasteiger partial charge in [-0.05, 0) is 46.1 Å². The van der Waals surface area contributed by atoms with E-state index >= 15 is 0 Å². The predicted octanol–water partition coefficient (Wildman–Crippen LogP) is 1.55. The Labute approximate surface area is 125 Å². The fourth-order valence-electron chi connectivity index (χ4n) is 1.54. The molecule has 116 valence electrons. The molecule has 1 rings (SSSR count).